The van der Waals surface area contributed by atoms with Crippen LogP contribution >= 0.6 is 11.3 Å². The molecule has 0 unspecified atom stereocenters. The van der Waals surface area contributed by atoms with Crippen LogP contribution < -0.4 is 10.6 Å². The summed E-state index contributed by atoms with van der Waals surface area (Å²) in [5.41, 5.74) is 2.10. The Hall–Kier alpha value is -2.47. The molecular weight excluding hydrogens is 336 g/mol. The highest BCUT2D eigenvalue weighted by Gasteiger charge is 2.20. The second-order valence-electron chi connectivity index (χ2n) is 5.73. The number of carbonyl (C=O) groups is 3. The van der Waals surface area contributed by atoms with Crippen LogP contribution in [-0.2, 0) is 4.79 Å². The largest absolute Gasteiger partial charge is 0.357 e. The molecule has 0 spiro atoms. The average molecular weight is 358 g/mol. The topological polar surface area (TPSA) is 75.3 Å². The maximum absolute atomic E-state index is 12.5. The van der Waals surface area contributed by atoms with Crippen LogP contribution in [0, 0.1) is 0 Å². The van der Waals surface area contributed by atoms with Crippen molar-refractivity contribution in [1.82, 2.24) is 10.6 Å². The second kappa shape index (κ2) is 8.58. The predicted octanol–water partition coefficient (Wildman–Crippen LogP) is 3.26. The van der Waals surface area contributed by atoms with E-state index in [9.17, 15) is 14.4 Å². The molecule has 2 rings (SSSR count). The Morgan fingerprint density at radius 3 is 2.60 bits per heavy atom. The molecule has 0 aliphatic rings. The van der Waals surface area contributed by atoms with Crippen LogP contribution in [0.15, 0.2) is 35.7 Å². The van der Waals surface area contributed by atoms with Gasteiger partial charge in [-0.1, -0.05) is 25.5 Å². The molecule has 2 N–H and O–H groups in total. The van der Waals surface area contributed by atoms with Crippen molar-refractivity contribution in [2.45, 2.75) is 32.7 Å². The third-order valence-corrected chi connectivity index (χ3v) is 4.88. The summed E-state index contributed by atoms with van der Waals surface area (Å²) in [4.78, 5) is 36.8. The lowest BCUT2D eigenvalue weighted by molar-refractivity contribution is -0.122. The van der Waals surface area contributed by atoms with Crippen LogP contribution in [0.1, 0.15) is 46.7 Å². The van der Waals surface area contributed by atoms with E-state index in [4.69, 9.17) is 0 Å². The standard InChI is InChI=1S/C19H22N2O3S/c1-4-6-16(19(24)20-3)21-18(23)14-8-5-7-13(11-14)15-9-10-25-17(15)12(2)22/h5,7-11,16H,4,6H2,1-3H3,(H,20,24)(H,21,23)/t16-/m1/s1. The van der Waals surface area contributed by atoms with E-state index in [-0.39, 0.29) is 17.6 Å². The van der Waals surface area contributed by atoms with Gasteiger partial charge in [0.1, 0.15) is 6.04 Å². The van der Waals surface area contributed by atoms with Gasteiger partial charge < -0.3 is 10.6 Å². The van der Waals surface area contributed by atoms with Crippen LogP contribution in [0.5, 0.6) is 0 Å². The number of Topliss-reactive ketones (excluding diaryl/α,β-unsaturated/α-hetero) is 1. The number of rotatable bonds is 7. The van der Waals surface area contributed by atoms with Crippen molar-refractivity contribution in [1.29, 1.82) is 0 Å². The number of nitrogens with one attached hydrogen (secondary N) is 2. The SMILES string of the molecule is CCC[C@@H](NC(=O)c1cccc(-c2ccsc2C(C)=O)c1)C(=O)NC. The van der Waals surface area contributed by atoms with Crippen LogP contribution in [0.4, 0.5) is 0 Å². The molecule has 0 radical (unpaired) electrons. The van der Waals surface area contributed by atoms with Crippen LogP contribution in [0.2, 0.25) is 0 Å². The number of amides is 2. The fourth-order valence-corrected chi connectivity index (χ4v) is 3.43. The number of likely N-dealkylation sites (N-methyl/N-ethyl adjacent to an activating group) is 1. The van der Waals surface area contributed by atoms with Gasteiger partial charge in [-0.2, -0.15) is 0 Å². The summed E-state index contributed by atoms with van der Waals surface area (Å²) in [5, 5.41) is 7.21. The molecule has 2 amide bonds. The summed E-state index contributed by atoms with van der Waals surface area (Å²) in [6, 6.07) is 8.42. The summed E-state index contributed by atoms with van der Waals surface area (Å²) in [7, 11) is 1.55. The molecule has 5 nitrogen and oxygen atoms in total. The summed E-state index contributed by atoms with van der Waals surface area (Å²) in [6.07, 6.45) is 1.36. The van der Waals surface area contributed by atoms with Gasteiger partial charge in [0.05, 0.1) is 4.88 Å². The van der Waals surface area contributed by atoms with Gasteiger partial charge in [-0.15, -0.1) is 11.3 Å². The summed E-state index contributed by atoms with van der Waals surface area (Å²) in [5.74, 6) is -0.506. The van der Waals surface area contributed by atoms with E-state index < -0.39 is 6.04 Å². The van der Waals surface area contributed by atoms with Crippen molar-refractivity contribution in [3.8, 4) is 11.1 Å². The van der Waals surface area contributed by atoms with E-state index in [0.29, 0.717) is 16.9 Å². The number of carbonyl (C=O) groups excluding carboxylic acids is 3. The molecule has 0 saturated carbocycles. The highest BCUT2D eigenvalue weighted by molar-refractivity contribution is 7.12. The lowest BCUT2D eigenvalue weighted by Crippen LogP contribution is -2.45. The minimum Gasteiger partial charge on any atom is -0.357 e. The molecule has 0 saturated heterocycles. The fourth-order valence-electron chi connectivity index (χ4n) is 2.61. The van der Waals surface area contributed by atoms with Crippen molar-refractivity contribution in [2.75, 3.05) is 7.05 Å². The lowest BCUT2D eigenvalue weighted by Gasteiger charge is -2.16. The first-order valence-corrected chi connectivity index (χ1v) is 9.07. The minimum absolute atomic E-state index is 0.00230. The van der Waals surface area contributed by atoms with E-state index in [2.05, 4.69) is 10.6 Å². The highest BCUT2D eigenvalue weighted by Crippen LogP contribution is 2.29. The van der Waals surface area contributed by atoms with E-state index in [1.54, 1.807) is 25.2 Å². The second-order valence-corrected chi connectivity index (χ2v) is 6.65. The number of hydrogen-bond donors (Lipinski definition) is 2. The summed E-state index contributed by atoms with van der Waals surface area (Å²) >= 11 is 1.39. The molecule has 1 aromatic carbocycles. The maximum atomic E-state index is 12.5. The number of thiophene rings is 1. The number of ketones is 1. The van der Waals surface area contributed by atoms with Crippen LogP contribution in [-0.4, -0.2) is 30.7 Å². The Morgan fingerprint density at radius 2 is 1.96 bits per heavy atom. The molecule has 1 heterocycles. The average Bonchev–Trinajstić information content (AvgIpc) is 3.10. The third-order valence-electron chi connectivity index (χ3n) is 3.87. The smallest absolute Gasteiger partial charge is 0.251 e. The van der Waals surface area contributed by atoms with Gasteiger partial charge in [0.15, 0.2) is 5.78 Å². The zero-order chi connectivity index (χ0) is 18.4. The van der Waals surface area contributed by atoms with Gasteiger partial charge in [0.2, 0.25) is 5.91 Å². The van der Waals surface area contributed by atoms with E-state index in [1.807, 2.05) is 24.4 Å². The third kappa shape index (κ3) is 4.54. The van der Waals surface area contributed by atoms with Gasteiger partial charge in [-0.05, 0) is 42.5 Å². The zero-order valence-electron chi connectivity index (χ0n) is 14.6. The van der Waals surface area contributed by atoms with Crippen molar-refractivity contribution in [3.63, 3.8) is 0 Å². The molecule has 2 aromatic rings. The fraction of sp³-hybridized carbons (Fsp3) is 0.316. The van der Waals surface area contributed by atoms with E-state index in [0.717, 1.165) is 17.5 Å². The van der Waals surface area contributed by atoms with Gasteiger partial charge in [-0.25, -0.2) is 0 Å². The molecule has 132 valence electrons. The van der Waals surface area contributed by atoms with Gasteiger partial charge >= 0.3 is 0 Å². The summed E-state index contributed by atoms with van der Waals surface area (Å²) < 4.78 is 0. The van der Waals surface area contributed by atoms with Crippen molar-refractivity contribution in [2.24, 2.45) is 0 Å². The Morgan fingerprint density at radius 1 is 1.20 bits per heavy atom. The molecular formula is C19H22N2O3S. The van der Waals surface area contributed by atoms with Gasteiger partial charge in [0, 0.05) is 18.2 Å². The molecule has 0 bridgehead atoms. The maximum Gasteiger partial charge on any atom is 0.251 e. The normalized spacial score (nSPS) is 11.6. The first-order chi connectivity index (χ1) is 12.0. The molecule has 0 aliphatic carbocycles. The van der Waals surface area contributed by atoms with E-state index in [1.165, 1.54) is 18.3 Å². The Labute approximate surface area is 151 Å². The van der Waals surface area contributed by atoms with E-state index >= 15 is 0 Å². The first-order valence-electron chi connectivity index (χ1n) is 8.19. The van der Waals surface area contributed by atoms with Gasteiger partial charge in [0.25, 0.3) is 5.91 Å². The van der Waals surface area contributed by atoms with Crippen LogP contribution in [0.25, 0.3) is 11.1 Å². The first kappa shape index (κ1) is 18.9. The van der Waals surface area contributed by atoms with Gasteiger partial charge in [-0.3, -0.25) is 14.4 Å². The highest BCUT2D eigenvalue weighted by atomic mass is 32.1. The Bertz CT molecular complexity index is 782. The van der Waals surface area contributed by atoms with Crippen LogP contribution in [0.3, 0.4) is 0 Å². The predicted molar refractivity (Wildman–Crippen MR) is 100.0 cm³/mol. The zero-order valence-corrected chi connectivity index (χ0v) is 15.4. The Balaban J connectivity index is 2.25. The quantitative estimate of drug-likeness (QED) is 0.746. The van der Waals surface area contributed by atoms with Crippen molar-refractivity contribution >= 4 is 28.9 Å². The molecule has 6 heteroatoms. The van der Waals surface area contributed by atoms with Crippen molar-refractivity contribution < 1.29 is 14.4 Å². The lowest BCUT2D eigenvalue weighted by atomic mass is 10.0. The summed E-state index contributed by atoms with van der Waals surface area (Å²) in [6.45, 7) is 3.49. The molecule has 0 fully saturated rings. The molecule has 25 heavy (non-hydrogen) atoms. The molecule has 0 aliphatic heterocycles. The molecule has 1 atom stereocenters. The number of hydrogen-bond acceptors (Lipinski definition) is 4. The monoisotopic (exact) mass is 358 g/mol. The Kier molecular flexibility index (Phi) is 6.47. The molecule has 1 aromatic heterocycles. The minimum atomic E-state index is -0.555. The number of benzene rings is 1. The van der Waals surface area contributed by atoms with Crippen molar-refractivity contribution in [3.05, 3.63) is 46.2 Å².